The first kappa shape index (κ1) is 8.44. The van der Waals surface area contributed by atoms with Gasteiger partial charge < -0.3 is 4.74 Å². The zero-order valence-corrected chi connectivity index (χ0v) is 6.40. The molecule has 1 nitrogen and oxygen atoms in total. The van der Waals surface area contributed by atoms with Crippen LogP contribution in [0.2, 0.25) is 0 Å². The van der Waals surface area contributed by atoms with Crippen LogP contribution in [0.15, 0.2) is 23.8 Å². The van der Waals surface area contributed by atoms with Crippen molar-refractivity contribution in [3.8, 4) is 0 Å². The van der Waals surface area contributed by atoms with Crippen LogP contribution in [0, 0.1) is 0 Å². The van der Waals surface area contributed by atoms with E-state index < -0.39 is 0 Å². The Kier molecular flexibility index (Phi) is 4.06. The van der Waals surface area contributed by atoms with Gasteiger partial charge in [-0.3, -0.25) is 0 Å². The van der Waals surface area contributed by atoms with Gasteiger partial charge in [-0.15, -0.1) is 0 Å². The van der Waals surface area contributed by atoms with Crippen molar-refractivity contribution in [2.45, 2.75) is 13.8 Å². The fourth-order valence-electron chi connectivity index (χ4n) is 0.690. The van der Waals surface area contributed by atoms with E-state index in [1.54, 1.807) is 7.11 Å². The summed E-state index contributed by atoms with van der Waals surface area (Å²) in [6.07, 6.45) is 2.02. The van der Waals surface area contributed by atoms with E-state index in [4.69, 9.17) is 4.74 Å². The monoisotopic (exact) mass is 126 g/mol. The Morgan fingerprint density at radius 1 is 1.56 bits per heavy atom. The Hall–Kier alpha value is -0.560. The molecule has 0 saturated carbocycles. The molecule has 0 atom stereocenters. The normalized spacial score (nSPS) is 11.7. The Bertz CT molecular complexity index is 123. The van der Waals surface area contributed by atoms with Crippen molar-refractivity contribution in [2.24, 2.45) is 0 Å². The van der Waals surface area contributed by atoms with Gasteiger partial charge in [0.15, 0.2) is 0 Å². The van der Waals surface area contributed by atoms with Crippen LogP contribution in [0.5, 0.6) is 0 Å². The first-order valence-electron chi connectivity index (χ1n) is 2.98. The third kappa shape index (κ3) is 5.31. The molecule has 52 valence electrons. The van der Waals surface area contributed by atoms with E-state index in [1.165, 1.54) is 5.57 Å². The summed E-state index contributed by atoms with van der Waals surface area (Å²) in [5, 5.41) is 0. The van der Waals surface area contributed by atoms with Gasteiger partial charge in [0.1, 0.15) is 0 Å². The van der Waals surface area contributed by atoms with Crippen molar-refractivity contribution in [1.82, 2.24) is 0 Å². The molecule has 9 heavy (non-hydrogen) atoms. The van der Waals surface area contributed by atoms with E-state index in [1.807, 2.05) is 19.9 Å². The third-order valence-electron chi connectivity index (χ3n) is 0.865. The molecule has 0 aromatic carbocycles. The molecule has 0 spiro atoms. The molecule has 0 saturated heterocycles. The molecule has 0 unspecified atom stereocenters. The molecule has 0 bridgehead atoms. The molecule has 0 aromatic rings. The van der Waals surface area contributed by atoms with E-state index in [0.29, 0.717) is 6.61 Å². The summed E-state index contributed by atoms with van der Waals surface area (Å²) in [6, 6.07) is 0. The van der Waals surface area contributed by atoms with Crippen LogP contribution in [-0.2, 0) is 4.74 Å². The van der Waals surface area contributed by atoms with Gasteiger partial charge >= 0.3 is 0 Å². The average Bonchev–Trinajstić information content (AvgIpc) is 1.63. The zero-order valence-electron chi connectivity index (χ0n) is 6.40. The minimum Gasteiger partial charge on any atom is -0.380 e. The number of methoxy groups -OCH3 is 1. The van der Waals surface area contributed by atoms with Crippen LogP contribution in [0.25, 0.3) is 0 Å². The molecule has 0 aromatic heterocycles. The zero-order chi connectivity index (χ0) is 7.28. The van der Waals surface area contributed by atoms with E-state index >= 15 is 0 Å². The van der Waals surface area contributed by atoms with Crippen LogP contribution in [-0.4, -0.2) is 13.7 Å². The average molecular weight is 126 g/mol. The number of rotatable bonds is 3. The quantitative estimate of drug-likeness (QED) is 0.526. The van der Waals surface area contributed by atoms with Crippen molar-refractivity contribution < 1.29 is 4.74 Å². The first-order chi connectivity index (χ1) is 4.16. The predicted molar refractivity (Wildman–Crippen MR) is 40.4 cm³/mol. The number of allylic oxidation sites excluding steroid dienone is 2. The van der Waals surface area contributed by atoms with E-state index in [9.17, 15) is 0 Å². The summed E-state index contributed by atoms with van der Waals surface area (Å²) in [7, 11) is 1.69. The van der Waals surface area contributed by atoms with Crippen molar-refractivity contribution in [2.75, 3.05) is 13.7 Å². The lowest BCUT2D eigenvalue weighted by Crippen LogP contribution is -1.88. The molecule has 1 heteroatoms. The molecule has 0 radical (unpaired) electrons. The van der Waals surface area contributed by atoms with Gasteiger partial charge in [-0.25, -0.2) is 0 Å². The van der Waals surface area contributed by atoms with Crippen molar-refractivity contribution in [3.05, 3.63) is 23.8 Å². The van der Waals surface area contributed by atoms with E-state index in [-0.39, 0.29) is 0 Å². The SMILES string of the molecule is C=C(C)/C=C(\C)COC. The fraction of sp³-hybridized carbons (Fsp3) is 0.500. The summed E-state index contributed by atoms with van der Waals surface area (Å²) >= 11 is 0. The van der Waals surface area contributed by atoms with Gasteiger partial charge in [-0.05, 0) is 19.4 Å². The van der Waals surface area contributed by atoms with Crippen molar-refractivity contribution in [1.29, 1.82) is 0 Å². The Labute approximate surface area is 57.0 Å². The summed E-state index contributed by atoms with van der Waals surface area (Å²) in [5.41, 5.74) is 2.29. The smallest absolute Gasteiger partial charge is 0.0673 e. The summed E-state index contributed by atoms with van der Waals surface area (Å²) in [4.78, 5) is 0. The Morgan fingerprint density at radius 3 is 2.44 bits per heavy atom. The largest absolute Gasteiger partial charge is 0.380 e. The molecule has 0 aliphatic heterocycles. The lowest BCUT2D eigenvalue weighted by atomic mass is 10.2. The van der Waals surface area contributed by atoms with Crippen LogP contribution >= 0.6 is 0 Å². The van der Waals surface area contributed by atoms with Gasteiger partial charge in [0, 0.05) is 7.11 Å². The van der Waals surface area contributed by atoms with Crippen molar-refractivity contribution >= 4 is 0 Å². The topological polar surface area (TPSA) is 9.23 Å². The molecular formula is C8H14O. The first-order valence-corrected chi connectivity index (χ1v) is 2.98. The highest BCUT2D eigenvalue weighted by Crippen LogP contribution is 1.98. The molecule has 0 N–H and O–H groups in total. The lowest BCUT2D eigenvalue weighted by Gasteiger charge is -1.96. The molecule has 0 amide bonds. The fourth-order valence-corrected chi connectivity index (χ4v) is 0.690. The molecule has 0 rings (SSSR count). The van der Waals surface area contributed by atoms with Gasteiger partial charge in [0.25, 0.3) is 0 Å². The predicted octanol–water partition coefficient (Wildman–Crippen LogP) is 2.16. The molecule has 0 aliphatic rings. The summed E-state index contributed by atoms with van der Waals surface area (Å²) in [5.74, 6) is 0. The number of hydrogen-bond acceptors (Lipinski definition) is 1. The van der Waals surface area contributed by atoms with Crippen molar-refractivity contribution in [3.63, 3.8) is 0 Å². The maximum atomic E-state index is 4.90. The van der Waals surface area contributed by atoms with E-state index in [0.717, 1.165) is 5.57 Å². The Morgan fingerprint density at radius 2 is 2.11 bits per heavy atom. The highest BCUT2D eigenvalue weighted by atomic mass is 16.5. The van der Waals surface area contributed by atoms with Gasteiger partial charge in [0.2, 0.25) is 0 Å². The number of hydrogen-bond donors (Lipinski definition) is 0. The van der Waals surface area contributed by atoms with Crippen LogP contribution in [0.3, 0.4) is 0 Å². The minimum atomic E-state index is 0.701. The maximum Gasteiger partial charge on any atom is 0.0673 e. The van der Waals surface area contributed by atoms with E-state index in [2.05, 4.69) is 6.58 Å². The summed E-state index contributed by atoms with van der Waals surface area (Å²) in [6.45, 7) is 8.44. The molecule has 0 aliphatic carbocycles. The van der Waals surface area contributed by atoms with Crippen LogP contribution in [0.1, 0.15) is 13.8 Å². The standard InChI is InChI=1S/C8H14O/c1-7(2)5-8(3)6-9-4/h5H,1,6H2,2-4H3/b8-5+. The molecule has 0 heterocycles. The van der Waals surface area contributed by atoms with Gasteiger partial charge in [-0.2, -0.15) is 0 Å². The third-order valence-corrected chi connectivity index (χ3v) is 0.865. The van der Waals surface area contributed by atoms with Gasteiger partial charge in [-0.1, -0.05) is 18.2 Å². The van der Waals surface area contributed by atoms with Crippen LogP contribution in [0.4, 0.5) is 0 Å². The van der Waals surface area contributed by atoms with Crippen LogP contribution < -0.4 is 0 Å². The Balaban J connectivity index is 3.69. The number of ether oxygens (including phenoxy) is 1. The molecule has 0 fully saturated rings. The highest BCUT2D eigenvalue weighted by molar-refractivity contribution is 5.17. The highest BCUT2D eigenvalue weighted by Gasteiger charge is 1.84. The minimum absolute atomic E-state index is 0.701. The lowest BCUT2D eigenvalue weighted by molar-refractivity contribution is 0.226. The van der Waals surface area contributed by atoms with Gasteiger partial charge in [0.05, 0.1) is 6.61 Å². The summed E-state index contributed by atoms with van der Waals surface area (Å²) < 4.78 is 4.90. The second-order valence-electron chi connectivity index (χ2n) is 2.27. The second kappa shape index (κ2) is 4.33. The maximum absolute atomic E-state index is 4.90. The second-order valence-corrected chi connectivity index (χ2v) is 2.27. The molecular weight excluding hydrogens is 112 g/mol.